The number of hydrogen-bond acceptors (Lipinski definition) is 15. The standard InChI is InChI=1S/C32H30O15/c1-42-20-9-15(10-21(43-2)25(20)38)29-31(26(39)24-18(36)11-17(35)12-19(24)44-29)47-32-28(41)27(40)30(22(13-33)45-32)46-23(37)8-5-14-3-6-16(34)7-4-14/h3-12,22,27-28,30,32-36,38,40-41H,13H2,1-2H3/b8-5+/t22-,27-,28-,30-,32+/m1/s1. The van der Waals surface area contributed by atoms with Gasteiger partial charge in [0.2, 0.25) is 23.2 Å². The second-order valence-electron chi connectivity index (χ2n) is 10.3. The molecule has 47 heavy (non-hydrogen) atoms. The fourth-order valence-corrected chi connectivity index (χ4v) is 4.92. The van der Waals surface area contributed by atoms with Gasteiger partial charge in [-0.2, -0.15) is 0 Å². The van der Waals surface area contributed by atoms with Crippen molar-refractivity contribution < 1.29 is 68.6 Å². The summed E-state index contributed by atoms with van der Waals surface area (Å²) in [6.45, 7) is -0.825. The van der Waals surface area contributed by atoms with Crippen LogP contribution in [0.2, 0.25) is 0 Å². The highest BCUT2D eigenvalue weighted by atomic mass is 16.7. The molecule has 0 saturated carbocycles. The van der Waals surface area contributed by atoms with Crippen molar-refractivity contribution in [3.05, 3.63) is 70.4 Å². The summed E-state index contributed by atoms with van der Waals surface area (Å²) in [6, 6.07) is 10.4. The van der Waals surface area contributed by atoms with Gasteiger partial charge in [-0.05, 0) is 35.9 Å². The molecule has 0 unspecified atom stereocenters. The van der Waals surface area contributed by atoms with E-state index in [0.717, 1.165) is 18.2 Å². The molecule has 0 radical (unpaired) electrons. The number of phenols is 4. The maximum atomic E-state index is 13.8. The quantitative estimate of drug-likeness (QED) is 0.101. The van der Waals surface area contributed by atoms with Crippen LogP contribution in [0.25, 0.3) is 28.4 Å². The molecule has 1 saturated heterocycles. The van der Waals surface area contributed by atoms with Crippen molar-refractivity contribution in [2.45, 2.75) is 30.7 Å². The van der Waals surface area contributed by atoms with Gasteiger partial charge in [0.25, 0.3) is 0 Å². The van der Waals surface area contributed by atoms with E-state index in [4.69, 9.17) is 28.1 Å². The molecule has 1 aliphatic heterocycles. The summed E-state index contributed by atoms with van der Waals surface area (Å²) in [4.78, 5) is 26.3. The fraction of sp³-hybridized carbons (Fsp3) is 0.250. The zero-order valence-electron chi connectivity index (χ0n) is 24.8. The molecule has 0 aliphatic carbocycles. The third-order valence-electron chi connectivity index (χ3n) is 7.27. The van der Waals surface area contributed by atoms with E-state index >= 15 is 0 Å². The number of ether oxygens (including phenoxy) is 5. The van der Waals surface area contributed by atoms with Gasteiger partial charge in [0, 0.05) is 23.8 Å². The number of aromatic hydroxyl groups is 4. The first-order valence-corrected chi connectivity index (χ1v) is 13.9. The van der Waals surface area contributed by atoms with Crippen LogP contribution in [0.15, 0.2) is 63.8 Å². The molecule has 3 aromatic carbocycles. The lowest BCUT2D eigenvalue weighted by molar-refractivity contribution is -0.280. The average molecular weight is 655 g/mol. The molecular weight excluding hydrogens is 624 g/mol. The largest absolute Gasteiger partial charge is 0.508 e. The molecule has 0 spiro atoms. The highest BCUT2D eigenvalue weighted by Gasteiger charge is 2.48. The van der Waals surface area contributed by atoms with E-state index in [0.29, 0.717) is 5.56 Å². The van der Waals surface area contributed by atoms with Crippen molar-refractivity contribution in [3.8, 4) is 51.6 Å². The van der Waals surface area contributed by atoms with Crippen LogP contribution in [0.5, 0.6) is 40.2 Å². The molecule has 248 valence electrons. The summed E-state index contributed by atoms with van der Waals surface area (Å²) in [5, 5.41) is 71.9. The van der Waals surface area contributed by atoms with Crippen molar-refractivity contribution in [2.75, 3.05) is 20.8 Å². The molecule has 5 atom stereocenters. The van der Waals surface area contributed by atoms with Gasteiger partial charge in [-0.15, -0.1) is 0 Å². The third kappa shape index (κ3) is 6.59. The van der Waals surface area contributed by atoms with Crippen molar-refractivity contribution in [2.24, 2.45) is 0 Å². The Morgan fingerprint density at radius 3 is 2.19 bits per heavy atom. The van der Waals surface area contributed by atoms with Gasteiger partial charge in [-0.25, -0.2) is 4.79 Å². The van der Waals surface area contributed by atoms with E-state index in [-0.39, 0.29) is 39.9 Å². The molecule has 0 amide bonds. The van der Waals surface area contributed by atoms with Crippen LogP contribution in [-0.4, -0.2) is 93.2 Å². The predicted octanol–water partition coefficient (Wildman–Crippen LogP) is 1.74. The first-order chi connectivity index (χ1) is 22.4. The zero-order valence-corrected chi connectivity index (χ0v) is 24.8. The summed E-state index contributed by atoms with van der Waals surface area (Å²) < 4.78 is 33.0. The summed E-state index contributed by atoms with van der Waals surface area (Å²) in [5.41, 5.74) is -0.692. The summed E-state index contributed by atoms with van der Waals surface area (Å²) in [7, 11) is 2.52. The van der Waals surface area contributed by atoms with Gasteiger partial charge >= 0.3 is 5.97 Å². The smallest absolute Gasteiger partial charge is 0.331 e. The topological polar surface area (TPSA) is 235 Å². The normalized spacial score (nSPS) is 21.1. The van der Waals surface area contributed by atoms with E-state index in [9.17, 15) is 45.3 Å². The molecule has 4 aromatic rings. The molecule has 1 aromatic heterocycles. The van der Waals surface area contributed by atoms with Crippen LogP contribution >= 0.6 is 0 Å². The van der Waals surface area contributed by atoms with Gasteiger partial charge in [0.15, 0.2) is 23.4 Å². The number of phenolic OH excluding ortho intramolecular Hbond substituents is 4. The number of fused-ring (bicyclic) bond motifs is 1. The number of benzene rings is 3. The van der Waals surface area contributed by atoms with Gasteiger partial charge < -0.3 is 63.8 Å². The van der Waals surface area contributed by atoms with Crippen LogP contribution in [0.4, 0.5) is 0 Å². The lowest BCUT2D eigenvalue weighted by Gasteiger charge is -2.41. The SMILES string of the molecule is COc1cc(-c2oc3cc(O)cc(O)c3c(=O)c2O[C@@H]2O[C@H](CO)[C@@H](OC(=O)/C=C/c3ccc(O)cc3)[C@H](O)[C@H]2O)cc(OC)c1O. The zero-order chi connectivity index (χ0) is 34.0. The third-order valence-corrected chi connectivity index (χ3v) is 7.27. The fourth-order valence-electron chi connectivity index (χ4n) is 4.92. The first-order valence-electron chi connectivity index (χ1n) is 13.9. The van der Waals surface area contributed by atoms with E-state index in [2.05, 4.69) is 0 Å². The Balaban J connectivity index is 1.50. The maximum Gasteiger partial charge on any atom is 0.331 e. The number of carbonyl (C=O) groups is 1. The molecule has 15 heteroatoms. The number of hydrogen-bond donors (Lipinski definition) is 7. The van der Waals surface area contributed by atoms with E-state index in [1.165, 1.54) is 56.7 Å². The highest BCUT2D eigenvalue weighted by molar-refractivity contribution is 5.89. The van der Waals surface area contributed by atoms with E-state index < -0.39 is 71.3 Å². The summed E-state index contributed by atoms with van der Waals surface area (Å²) in [5.74, 6) is -3.62. The van der Waals surface area contributed by atoms with Gasteiger partial charge in [-0.1, -0.05) is 12.1 Å². The second-order valence-corrected chi connectivity index (χ2v) is 10.3. The predicted molar refractivity (Wildman–Crippen MR) is 161 cm³/mol. The molecule has 7 N–H and O–H groups in total. The highest BCUT2D eigenvalue weighted by Crippen LogP contribution is 2.44. The van der Waals surface area contributed by atoms with Crippen LogP contribution < -0.4 is 19.6 Å². The van der Waals surface area contributed by atoms with Gasteiger partial charge in [0.05, 0.1) is 20.8 Å². The molecule has 2 heterocycles. The first kappa shape index (κ1) is 32.9. The minimum absolute atomic E-state index is 0.0240. The number of aliphatic hydroxyl groups is 3. The van der Waals surface area contributed by atoms with Crippen molar-refractivity contribution in [1.29, 1.82) is 0 Å². The number of esters is 1. The van der Waals surface area contributed by atoms with Crippen molar-refractivity contribution in [1.82, 2.24) is 0 Å². The molecule has 15 nitrogen and oxygen atoms in total. The molecular formula is C32H30O15. The Morgan fingerprint density at radius 1 is 0.915 bits per heavy atom. The Bertz CT molecular complexity index is 1840. The lowest BCUT2D eigenvalue weighted by Crippen LogP contribution is -2.61. The number of methoxy groups -OCH3 is 2. The summed E-state index contributed by atoms with van der Waals surface area (Å²) in [6.07, 6.45) is -6.39. The van der Waals surface area contributed by atoms with Gasteiger partial charge in [0.1, 0.15) is 46.5 Å². The Morgan fingerprint density at radius 2 is 1.57 bits per heavy atom. The number of carbonyl (C=O) groups excluding carboxylic acids is 1. The monoisotopic (exact) mass is 654 g/mol. The Hall–Kier alpha value is -5.48. The van der Waals surface area contributed by atoms with Crippen LogP contribution in [-0.2, 0) is 14.3 Å². The van der Waals surface area contributed by atoms with Crippen LogP contribution in [0.3, 0.4) is 0 Å². The minimum atomic E-state index is -1.98. The van der Waals surface area contributed by atoms with E-state index in [1.807, 2.05) is 0 Å². The second kappa shape index (κ2) is 13.5. The van der Waals surface area contributed by atoms with E-state index in [1.54, 1.807) is 0 Å². The van der Waals surface area contributed by atoms with Crippen molar-refractivity contribution >= 4 is 23.0 Å². The Labute approximate surface area is 265 Å². The molecule has 0 bridgehead atoms. The van der Waals surface area contributed by atoms with Crippen molar-refractivity contribution in [3.63, 3.8) is 0 Å². The van der Waals surface area contributed by atoms with Gasteiger partial charge in [-0.3, -0.25) is 4.79 Å². The van der Waals surface area contributed by atoms with Crippen LogP contribution in [0, 0.1) is 0 Å². The average Bonchev–Trinajstić information content (AvgIpc) is 3.05. The minimum Gasteiger partial charge on any atom is -0.508 e. The number of aliphatic hydroxyl groups excluding tert-OH is 3. The Kier molecular flexibility index (Phi) is 9.44. The molecule has 5 rings (SSSR count). The molecule has 1 aliphatic rings. The van der Waals surface area contributed by atoms with Crippen LogP contribution in [0.1, 0.15) is 5.56 Å². The number of rotatable bonds is 9. The lowest BCUT2D eigenvalue weighted by atomic mass is 9.99. The maximum absolute atomic E-state index is 13.8. The molecule has 1 fully saturated rings. The summed E-state index contributed by atoms with van der Waals surface area (Å²) >= 11 is 0.